The predicted octanol–water partition coefficient (Wildman–Crippen LogP) is 2.66. The predicted molar refractivity (Wildman–Crippen MR) is 66.4 cm³/mol. The van der Waals surface area contributed by atoms with Gasteiger partial charge in [-0.25, -0.2) is 0 Å². The normalized spacial score (nSPS) is 25.9. The van der Waals surface area contributed by atoms with Crippen molar-refractivity contribution in [2.24, 2.45) is 5.92 Å². The molecule has 1 heterocycles. The molecule has 0 aliphatic heterocycles. The third kappa shape index (κ3) is 2.46. The number of nitrogens with zero attached hydrogens (tertiary/aromatic N) is 2. The van der Waals surface area contributed by atoms with Crippen molar-refractivity contribution in [3.8, 4) is 0 Å². The third-order valence-electron chi connectivity index (χ3n) is 3.67. The maximum Gasteiger partial charge on any atom is 0.0638 e. The fourth-order valence-electron chi connectivity index (χ4n) is 2.71. The zero-order valence-corrected chi connectivity index (χ0v) is 10.7. The van der Waals surface area contributed by atoms with E-state index in [2.05, 4.69) is 35.1 Å². The molecule has 2 atom stereocenters. The fraction of sp³-hybridized carbons (Fsp3) is 0.769. The van der Waals surface area contributed by atoms with E-state index in [1.807, 2.05) is 7.05 Å². The molecule has 2 rings (SSSR count). The van der Waals surface area contributed by atoms with Crippen LogP contribution in [0.5, 0.6) is 0 Å². The molecule has 3 nitrogen and oxygen atoms in total. The first-order valence-electron chi connectivity index (χ1n) is 6.40. The molecule has 1 saturated carbocycles. The van der Waals surface area contributed by atoms with Crippen molar-refractivity contribution in [1.82, 2.24) is 15.1 Å². The number of hydrogen-bond donors (Lipinski definition) is 1. The van der Waals surface area contributed by atoms with E-state index in [0.29, 0.717) is 6.04 Å². The molecule has 0 radical (unpaired) electrons. The Kier molecular flexibility index (Phi) is 3.64. The molecule has 1 aliphatic carbocycles. The molecule has 3 heteroatoms. The zero-order valence-electron chi connectivity index (χ0n) is 10.7. The summed E-state index contributed by atoms with van der Waals surface area (Å²) in [6.45, 7) is 5.39. The third-order valence-corrected chi connectivity index (χ3v) is 3.67. The summed E-state index contributed by atoms with van der Waals surface area (Å²) in [7, 11) is 1.99. The highest BCUT2D eigenvalue weighted by molar-refractivity contribution is 5.15. The summed E-state index contributed by atoms with van der Waals surface area (Å²) in [6, 6.07) is 0.632. The van der Waals surface area contributed by atoms with Gasteiger partial charge in [-0.1, -0.05) is 19.8 Å². The van der Waals surface area contributed by atoms with Gasteiger partial charge in [0.15, 0.2) is 0 Å². The van der Waals surface area contributed by atoms with E-state index in [0.717, 1.165) is 12.5 Å². The number of aryl methyl sites for hydroxylation is 1. The average Bonchev–Trinajstić information content (AvgIpc) is 2.61. The molecule has 1 fully saturated rings. The largest absolute Gasteiger partial charge is 0.316 e. The minimum absolute atomic E-state index is 0.632. The Labute approximate surface area is 98.2 Å². The molecular weight excluding hydrogens is 198 g/mol. The van der Waals surface area contributed by atoms with Gasteiger partial charge < -0.3 is 5.32 Å². The first kappa shape index (κ1) is 11.6. The molecule has 1 aromatic rings. The summed E-state index contributed by atoms with van der Waals surface area (Å²) in [5, 5.41) is 7.86. The Morgan fingerprint density at radius 2 is 2.31 bits per heavy atom. The van der Waals surface area contributed by atoms with Gasteiger partial charge in [-0.3, -0.25) is 4.68 Å². The van der Waals surface area contributed by atoms with Crippen molar-refractivity contribution < 1.29 is 0 Å². The Bertz CT molecular complexity index is 343. The van der Waals surface area contributed by atoms with Crippen LogP contribution in [0.25, 0.3) is 0 Å². The highest BCUT2D eigenvalue weighted by Crippen LogP contribution is 2.32. The highest BCUT2D eigenvalue weighted by Gasteiger charge is 2.21. The van der Waals surface area contributed by atoms with E-state index in [-0.39, 0.29) is 0 Å². The van der Waals surface area contributed by atoms with Gasteiger partial charge in [-0.05, 0) is 32.7 Å². The minimum atomic E-state index is 0.632. The molecule has 0 aromatic carbocycles. The van der Waals surface area contributed by atoms with Gasteiger partial charge in [0.1, 0.15) is 0 Å². The summed E-state index contributed by atoms with van der Waals surface area (Å²) in [4.78, 5) is 0. The summed E-state index contributed by atoms with van der Waals surface area (Å²) in [5.41, 5.74) is 2.51. The van der Waals surface area contributed by atoms with Gasteiger partial charge >= 0.3 is 0 Å². The Morgan fingerprint density at radius 3 is 3.00 bits per heavy atom. The lowest BCUT2D eigenvalue weighted by Gasteiger charge is -2.26. The second-order valence-electron chi connectivity index (χ2n) is 5.18. The summed E-state index contributed by atoms with van der Waals surface area (Å²) in [6.07, 6.45) is 7.56. The van der Waals surface area contributed by atoms with Crippen LogP contribution in [0.15, 0.2) is 6.20 Å². The highest BCUT2D eigenvalue weighted by atomic mass is 15.3. The molecule has 90 valence electrons. The van der Waals surface area contributed by atoms with E-state index < -0.39 is 0 Å². The van der Waals surface area contributed by atoms with E-state index in [1.165, 1.54) is 36.9 Å². The average molecular weight is 221 g/mol. The van der Waals surface area contributed by atoms with Crippen LogP contribution in [0.4, 0.5) is 0 Å². The Morgan fingerprint density at radius 1 is 1.50 bits per heavy atom. The number of nitrogens with one attached hydrogen (secondary N) is 1. The molecule has 0 amide bonds. The van der Waals surface area contributed by atoms with E-state index in [9.17, 15) is 0 Å². The molecule has 2 unspecified atom stereocenters. The van der Waals surface area contributed by atoms with Gasteiger partial charge in [-0.2, -0.15) is 5.10 Å². The maximum atomic E-state index is 4.66. The number of rotatable bonds is 3. The van der Waals surface area contributed by atoms with Crippen molar-refractivity contribution in [3.63, 3.8) is 0 Å². The summed E-state index contributed by atoms with van der Waals surface area (Å²) in [5.74, 6) is 0.857. The zero-order chi connectivity index (χ0) is 11.5. The van der Waals surface area contributed by atoms with E-state index >= 15 is 0 Å². The van der Waals surface area contributed by atoms with Crippen molar-refractivity contribution in [3.05, 3.63) is 17.5 Å². The lowest BCUT2D eigenvalue weighted by atomic mass is 9.87. The SMILES string of the molecule is CNCc1cn(C2CCCC(C)C2)nc1C. The van der Waals surface area contributed by atoms with Gasteiger partial charge in [0, 0.05) is 18.3 Å². The lowest BCUT2D eigenvalue weighted by Crippen LogP contribution is -2.18. The first-order valence-corrected chi connectivity index (χ1v) is 6.40. The van der Waals surface area contributed by atoms with Crippen LogP contribution in [0.3, 0.4) is 0 Å². The second kappa shape index (κ2) is 5.00. The van der Waals surface area contributed by atoms with Crippen LogP contribution in [0.2, 0.25) is 0 Å². The number of aromatic nitrogens is 2. The molecule has 0 spiro atoms. The lowest BCUT2D eigenvalue weighted by molar-refractivity contribution is 0.266. The molecule has 0 saturated heterocycles. The topological polar surface area (TPSA) is 29.9 Å². The van der Waals surface area contributed by atoms with Gasteiger partial charge in [0.05, 0.1) is 11.7 Å². The summed E-state index contributed by atoms with van der Waals surface area (Å²) >= 11 is 0. The van der Waals surface area contributed by atoms with Crippen LogP contribution in [0.1, 0.15) is 49.9 Å². The van der Waals surface area contributed by atoms with Crippen molar-refractivity contribution >= 4 is 0 Å². The molecule has 1 N–H and O–H groups in total. The monoisotopic (exact) mass is 221 g/mol. The Balaban J connectivity index is 2.10. The maximum absolute atomic E-state index is 4.66. The number of hydrogen-bond acceptors (Lipinski definition) is 2. The van der Waals surface area contributed by atoms with Gasteiger partial charge in [-0.15, -0.1) is 0 Å². The molecular formula is C13H23N3. The van der Waals surface area contributed by atoms with E-state index in [1.54, 1.807) is 0 Å². The molecule has 1 aliphatic rings. The van der Waals surface area contributed by atoms with Crippen molar-refractivity contribution in [2.45, 2.75) is 52.1 Å². The fourth-order valence-corrected chi connectivity index (χ4v) is 2.71. The van der Waals surface area contributed by atoms with Crippen LogP contribution in [-0.2, 0) is 6.54 Å². The van der Waals surface area contributed by atoms with Crippen molar-refractivity contribution in [1.29, 1.82) is 0 Å². The first-order chi connectivity index (χ1) is 7.70. The van der Waals surface area contributed by atoms with Crippen LogP contribution >= 0.6 is 0 Å². The van der Waals surface area contributed by atoms with Crippen LogP contribution in [-0.4, -0.2) is 16.8 Å². The molecule has 1 aromatic heterocycles. The molecule has 16 heavy (non-hydrogen) atoms. The molecule has 0 bridgehead atoms. The van der Waals surface area contributed by atoms with Gasteiger partial charge in [0.2, 0.25) is 0 Å². The van der Waals surface area contributed by atoms with Crippen molar-refractivity contribution in [2.75, 3.05) is 7.05 Å². The van der Waals surface area contributed by atoms with Crippen LogP contribution < -0.4 is 5.32 Å². The van der Waals surface area contributed by atoms with Crippen LogP contribution in [0, 0.1) is 12.8 Å². The quantitative estimate of drug-likeness (QED) is 0.850. The Hall–Kier alpha value is -0.830. The van der Waals surface area contributed by atoms with E-state index in [4.69, 9.17) is 0 Å². The minimum Gasteiger partial charge on any atom is -0.316 e. The smallest absolute Gasteiger partial charge is 0.0638 e. The van der Waals surface area contributed by atoms with Gasteiger partial charge in [0.25, 0.3) is 0 Å². The standard InChI is InChI=1S/C13H23N3/c1-10-5-4-6-13(7-10)16-9-12(8-14-3)11(2)15-16/h9-10,13-14H,4-8H2,1-3H3. The second-order valence-corrected chi connectivity index (χ2v) is 5.18. The summed E-state index contributed by atoms with van der Waals surface area (Å²) < 4.78 is 2.21.